The molecule has 2 rings (SSSR count). The van der Waals surface area contributed by atoms with E-state index in [1.54, 1.807) is 34.6 Å². The third-order valence-electron chi connectivity index (χ3n) is 9.03. The Morgan fingerprint density at radius 3 is 2.00 bits per heavy atom. The molecular weight excluding hydrogens is 667 g/mol. The van der Waals surface area contributed by atoms with Crippen LogP contribution in [0.2, 0.25) is 0 Å². The van der Waals surface area contributed by atoms with Crippen LogP contribution < -0.4 is 21.3 Å². The van der Waals surface area contributed by atoms with E-state index in [9.17, 15) is 24.3 Å². The van der Waals surface area contributed by atoms with E-state index in [2.05, 4.69) is 76.9 Å². The summed E-state index contributed by atoms with van der Waals surface area (Å²) in [6.07, 6.45) is 1.56. The molecule has 1 aliphatic heterocycles. The molecule has 1 aromatic rings. The molecule has 0 spiro atoms. The van der Waals surface area contributed by atoms with Crippen LogP contribution in [0.25, 0.3) is 0 Å². The fourth-order valence-corrected chi connectivity index (χ4v) is 6.72. The third-order valence-corrected chi connectivity index (χ3v) is 9.28. The zero-order chi connectivity index (χ0) is 38.3. The largest absolute Gasteiger partial charge is 0.444 e. The Morgan fingerprint density at radius 1 is 0.863 bits per heavy atom. The summed E-state index contributed by atoms with van der Waals surface area (Å²) in [7, 11) is 0. The van der Waals surface area contributed by atoms with Gasteiger partial charge in [0.2, 0.25) is 17.7 Å². The van der Waals surface area contributed by atoms with Gasteiger partial charge in [-0.05, 0) is 88.4 Å². The van der Waals surface area contributed by atoms with Gasteiger partial charge in [0.15, 0.2) is 0 Å². The number of carbonyl (C=O) groups excluding carboxylic acids is 4. The van der Waals surface area contributed by atoms with Crippen molar-refractivity contribution < 1.29 is 29.0 Å². The summed E-state index contributed by atoms with van der Waals surface area (Å²) in [5, 5.41) is 23.3. The molecule has 11 nitrogen and oxygen atoms in total. The lowest BCUT2D eigenvalue weighted by atomic mass is 9.86. The lowest BCUT2D eigenvalue weighted by Crippen LogP contribution is -2.58. The van der Waals surface area contributed by atoms with Crippen molar-refractivity contribution in [3.05, 3.63) is 35.9 Å². The van der Waals surface area contributed by atoms with Crippen molar-refractivity contribution >= 4 is 36.4 Å². The number of benzene rings is 1. The number of nitrogens with zero attached hydrogens (tertiary/aromatic N) is 1. The van der Waals surface area contributed by atoms with Crippen molar-refractivity contribution in [2.45, 2.75) is 143 Å². The van der Waals surface area contributed by atoms with Gasteiger partial charge in [-0.15, -0.1) is 0 Å². The summed E-state index contributed by atoms with van der Waals surface area (Å²) >= 11 is 4.32. The van der Waals surface area contributed by atoms with Crippen molar-refractivity contribution in [3.8, 4) is 0 Å². The van der Waals surface area contributed by atoms with E-state index >= 15 is 0 Å². The van der Waals surface area contributed by atoms with Gasteiger partial charge in [0.1, 0.15) is 17.7 Å². The summed E-state index contributed by atoms with van der Waals surface area (Å²) in [5.74, 6) is -1.03. The van der Waals surface area contributed by atoms with Gasteiger partial charge in [-0.25, -0.2) is 4.79 Å². The molecule has 5 atom stereocenters. The van der Waals surface area contributed by atoms with Crippen LogP contribution in [-0.2, 0) is 25.7 Å². The van der Waals surface area contributed by atoms with E-state index in [1.807, 2.05) is 19.9 Å². The summed E-state index contributed by atoms with van der Waals surface area (Å²) < 4.78 is 5.34. The summed E-state index contributed by atoms with van der Waals surface area (Å²) in [4.78, 5) is 55.7. The molecule has 0 unspecified atom stereocenters. The van der Waals surface area contributed by atoms with Crippen LogP contribution in [0.15, 0.2) is 30.3 Å². The second kappa shape index (κ2) is 21.6. The Balaban J connectivity index is 2.08. The van der Waals surface area contributed by atoms with Crippen LogP contribution >= 0.6 is 12.6 Å². The normalized spacial score (nSPS) is 17.4. The number of alkyl carbamates (subject to hydrolysis) is 1. The number of ether oxygens (including phenoxy) is 1. The predicted molar refractivity (Wildman–Crippen MR) is 206 cm³/mol. The average molecular weight is 734 g/mol. The molecule has 1 aromatic carbocycles. The maximum atomic E-state index is 13.7. The number of nitrogens with one attached hydrogen (secondary N) is 4. The van der Waals surface area contributed by atoms with Crippen LogP contribution in [0.1, 0.15) is 106 Å². The maximum absolute atomic E-state index is 13.7. The molecule has 0 aromatic heterocycles. The minimum atomic E-state index is -0.983. The van der Waals surface area contributed by atoms with E-state index in [0.717, 1.165) is 32.5 Å². The highest BCUT2D eigenvalue weighted by Crippen LogP contribution is 2.23. The third kappa shape index (κ3) is 17.0. The van der Waals surface area contributed by atoms with E-state index < -0.39 is 53.7 Å². The molecule has 5 N–H and O–H groups in total. The number of aliphatic hydroxyl groups is 1. The number of aliphatic hydroxyl groups excluding tert-OH is 1. The summed E-state index contributed by atoms with van der Waals surface area (Å²) in [5.41, 5.74) is 0.543. The fraction of sp³-hybridized carbons (Fsp3) is 0.744. The van der Waals surface area contributed by atoms with E-state index in [1.165, 1.54) is 5.56 Å². The van der Waals surface area contributed by atoms with E-state index in [-0.39, 0.29) is 42.5 Å². The van der Waals surface area contributed by atoms with Crippen molar-refractivity contribution in [1.29, 1.82) is 0 Å². The van der Waals surface area contributed by atoms with Gasteiger partial charge in [0.25, 0.3) is 0 Å². The van der Waals surface area contributed by atoms with Crippen LogP contribution in [0.4, 0.5) is 4.79 Å². The predicted octanol–water partition coefficient (Wildman–Crippen LogP) is 5.07. The Morgan fingerprint density at radius 2 is 1.47 bits per heavy atom. The molecule has 1 saturated heterocycles. The molecule has 1 fully saturated rings. The molecule has 290 valence electrons. The smallest absolute Gasteiger partial charge is 0.408 e. The molecule has 0 saturated carbocycles. The molecule has 0 radical (unpaired) electrons. The summed E-state index contributed by atoms with van der Waals surface area (Å²) in [6, 6.07) is 7.96. The minimum absolute atomic E-state index is 0.0590. The van der Waals surface area contributed by atoms with Crippen LogP contribution in [0, 0.1) is 23.7 Å². The van der Waals surface area contributed by atoms with E-state index in [4.69, 9.17) is 4.74 Å². The van der Waals surface area contributed by atoms with Gasteiger partial charge in [0.05, 0.1) is 12.1 Å². The highest BCUT2D eigenvalue weighted by molar-refractivity contribution is 7.80. The molecule has 4 amide bonds. The second-order valence-electron chi connectivity index (χ2n) is 16.4. The van der Waals surface area contributed by atoms with Gasteiger partial charge in [-0.1, -0.05) is 71.9 Å². The Bertz CT molecular complexity index is 1220. The monoisotopic (exact) mass is 733 g/mol. The lowest BCUT2D eigenvalue weighted by Gasteiger charge is -2.34. The van der Waals surface area contributed by atoms with Gasteiger partial charge in [-0.2, -0.15) is 12.6 Å². The van der Waals surface area contributed by atoms with E-state index in [0.29, 0.717) is 18.6 Å². The first-order valence-corrected chi connectivity index (χ1v) is 19.5. The van der Waals surface area contributed by atoms with Gasteiger partial charge in [0, 0.05) is 31.6 Å². The highest BCUT2D eigenvalue weighted by atomic mass is 32.1. The SMILES string of the molecule is CC(C)C[C@H](C[C@H](O)[C@H](CC(C)C)NC(=O)[C@H](CCS)NC(=O)[C@@H](NC(=O)OC(C)(C)C)C(C)C)C(=O)NC1CCN(Cc2ccccc2)CC1. The van der Waals surface area contributed by atoms with Crippen molar-refractivity contribution in [3.63, 3.8) is 0 Å². The summed E-state index contributed by atoms with van der Waals surface area (Å²) in [6.45, 7) is 19.6. The molecule has 1 aliphatic rings. The molecular formula is C39H67N5O6S. The standard InChI is InChI=1S/C39H67N5O6S/c1-25(2)21-29(35(46)40-30-15-18-44(19-16-30)24-28-13-11-10-12-14-28)23-33(45)32(22-26(3)4)42-36(47)31(17-20-51)41-37(48)34(27(5)6)43-38(49)50-39(7,8)9/h10-14,25-27,29-34,45,51H,15-24H2,1-9H3,(H,40,46)(H,41,48)(H,42,47)(H,43,49)/t29-,31+,32+,33+,34+/m1/s1. The Hall–Kier alpha value is -2.83. The van der Waals surface area contributed by atoms with Crippen LogP contribution in [0.3, 0.4) is 0 Å². The van der Waals surface area contributed by atoms with Gasteiger partial charge < -0.3 is 31.1 Å². The number of carbonyl (C=O) groups is 4. The van der Waals surface area contributed by atoms with Crippen LogP contribution in [0.5, 0.6) is 0 Å². The second-order valence-corrected chi connectivity index (χ2v) is 16.8. The van der Waals surface area contributed by atoms with Crippen molar-refractivity contribution in [1.82, 2.24) is 26.2 Å². The van der Waals surface area contributed by atoms with Crippen molar-refractivity contribution in [2.75, 3.05) is 18.8 Å². The van der Waals surface area contributed by atoms with Gasteiger partial charge in [-0.3, -0.25) is 19.3 Å². The minimum Gasteiger partial charge on any atom is -0.444 e. The molecule has 51 heavy (non-hydrogen) atoms. The number of hydrogen-bond donors (Lipinski definition) is 6. The Labute approximate surface area is 312 Å². The fourth-order valence-electron chi connectivity index (χ4n) is 6.46. The number of hydrogen-bond acceptors (Lipinski definition) is 8. The first kappa shape index (κ1) is 44.3. The quantitative estimate of drug-likeness (QED) is 0.109. The number of thiol groups is 1. The first-order chi connectivity index (χ1) is 23.9. The van der Waals surface area contributed by atoms with Crippen molar-refractivity contribution in [2.24, 2.45) is 23.7 Å². The first-order valence-electron chi connectivity index (χ1n) is 18.8. The zero-order valence-electron chi connectivity index (χ0n) is 32.5. The number of amides is 4. The molecule has 12 heteroatoms. The number of likely N-dealkylation sites (tertiary alicyclic amines) is 1. The molecule has 0 aliphatic carbocycles. The lowest BCUT2D eigenvalue weighted by molar-refractivity contribution is -0.132. The highest BCUT2D eigenvalue weighted by Gasteiger charge is 2.34. The molecule has 1 heterocycles. The maximum Gasteiger partial charge on any atom is 0.408 e. The topological polar surface area (TPSA) is 149 Å². The average Bonchev–Trinajstić information content (AvgIpc) is 3.02. The molecule has 0 bridgehead atoms. The zero-order valence-corrected chi connectivity index (χ0v) is 33.4. The van der Waals surface area contributed by atoms with Crippen LogP contribution in [-0.4, -0.2) is 88.5 Å². The number of piperidine rings is 1. The number of rotatable bonds is 19. The van der Waals surface area contributed by atoms with Gasteiger partial charge >= 0.3 is 6.09 Å². The Kier molecular flexibility index (Phi) is 18.8.